The lowest BCUT2D eigenvalue weighted by Crippen LogP contribution is -2.43. The predicted molar refractivity (Wildman–Crippen MR) is 86.5 cm³/mol. The molecular weight excluding hydrogens is 290 g/mol. The maximum absolute atomic E-state index is 12.8. The molecule has 3 rings (SSSR count). The Morgan fingerprint density at radius 2 is 1.83 bits per heavy atom. The summed E-state index contributed by atoms with van der Waals surface area (Å²) in [6.07, 6.45) is 5.59. The second kappa shape index (κ2) is 6.41. The second-order valence-electron chi connectivity index (χ2n) is 6.44. The van der Waals surface area contributed by atoms with Gasteiger partial charge in [-0.15, -0.1) is 0 Å². The lowest BCUT2D eigenvalue weighted by Gasteiger charge is -2.25. The van der Waals surface area contributed by atoms with Crippen molar-refractivity contribution in [3.63, 3.8) is 0 Å². The number of nitriles is 1. The first kappa shape index (κ1) is 15.5. The van der Waals surface area contributed by atoms with Crippen LogP contribution in [0.1, 0.15) is 44.1 Å². The van der Waals surface area contributed by atoms with Gasteiger partial charge in [-0.05, 0) is 43.9 Å². The molecule has 1 saturated carbocycles. The Morgan fingerprint density at radius 1 is 1.13 bits per heavy atom. The molecule has 2 aliphatic rings. The summed E-state index contributed by atoms with van der Waals surface area (Å²) in [6.45, 7) is 1.52. The number of likely N-dealkylation sites (tertiary alicyclic amines) is 1. The monoisotopic (exact) mass is 311 g/mol. The van der Waals surface area contributed by atoms with E-state index in [1.54, 1.807) is 24.3 Å². The smallest absolute Gasteiger partial charge is 0.240 e. The van der Waals surface area contributed by atoms with E-state index in [1.807, 2.05) is 11.0 Å². The van der Waals surface area contributed by atoms with Crippen LogP contribution in [0.2, 0.25) is 0 Å². The van der Waals surface area contributed by atoms with Gasteiger partial charge >= 0.3 is 0 Å². The number of rotatable bonds is 3. The predicted octanol–water partition coefficient (Wildman–Crippen LogP) is 2.68. The van der Waals surface area contributed by atoms with E-state index in [1.165, 1.54) is 0 Å². The highest BCUT2D eigenvalue weighted by atomic mass is 16.2. The Morgan fingerprint density at radius 3 is 2.43 bits per heavy atom. The van der Waals surface area contributed by atoms with Crippen LogP contribution in [0, 0.1) is 16.7 Å². The molecule has 1 heterocycles. The summed E-state index contributed by atoms with van der Waals surface area (Å²) in [6, 6.07) is 8.83. The zero-order chi connectivity index (χ0) is 16.3. The van der Waals surface area contributed by atoms with Crippen LogP contribution in [0.25, 0.3) is 0 Å². The van der Waals surface area contributed by atoms with E-state index in [0.717, 1.165) is 38.8 Å². The lowest BCUT2D eigenvalue weighted by molar-refractivity contribution is -0.142. The molecule has 0 radical (unpaired) electrons. The van der Waals surface area contributed by atoms with E-state index in [0.29, 0.717) is 24.1 Å². The number of nitrogens with zero attached hydrogens (tertiary/aromatic N) is 2. The van der Waals surface area contributed by atoms with Crippen LogP contribution in [0.15, 0.2) is 24.3 Å². The number of nitrogens with one attached hydrogen (secondary N) is 1. The Bertz CT molecular complexity index is 650. The summed E-state index contributed by atoms with van der Waals surface area (Å²) in [5.74, 6) is -0.254. The zero-order valence-corrected chi connectivity index (χ0v) is 13.2. The normalized spacial score (nSPS) is 19.3. The molecule has 5 heteroatoms. The first-order chi connectivity index (χ1) is 11.2. The molecule has 2 amide bonds. The molecule has 0 bridgehead atoms. The number of carbonyl (C=O) groups is 2. The van der Waals surface area contributed by atoms with Crippen molar-refractivity contribution in [3.05, 3.63) is 29.8 Å². The van der Waals surface area contributed by atoms with Gasteiger partial charge in [0, 0.05) is 18.8 Å². The molecule has 0 spiro atoms. The average Bonchev–Trinajstić information content (AvgIpc) is 3.39. The Kier molecular flexibility index (Phi) is 4.33. The summed E-state index contributed by atoms with van der Waals surface area (Å²) in [7, 11) is 0. The van der Waals surface area contributed by atoms with Crippen LogP contribution < -0.4 is 5.32 Å². The minimum atomic E-state index is -0.882. The van der Waals surface area contributed by atoms with Gasteiger partial charge in [0.1, 0.15) is 5.41 Å². The van der Waals surface area contributed by atoms with Gasteiger partial charge < -0.3 is 10.2 Å². The molecule has 0 unspecified atom stereocenters. The Hall–Kier alpha value is -2.35. The van der Waals surface area contributed by atoms with Crippen molar-refractivity contribution in [2.24, 2.45) is 5.41 Å². The van der Waals surface area contributed by atoms with Crippen molar-refractivity contribution in [3.8, 4) is 6.07 Å². The largest absolute Gasteiger partial charge is 0.342 e. The van der Waals surface area contributed by atoms with Gasteiger partial charge in [-0.1, -0.05) is 18.9 Å². The molecule has 120 valence electrons. The fourth-order valence-electron chi connectivity index (χ4n) is 3.16. The minimum Gasteiger partial charge on any atom is -0.342 e. The number of anilines is 1. The van der Waals surface area contributed by atoms with Crippen molar-refractivity contribution in [1.29, 1.82) is 5.26 Å². The van der Waals surface area contributed by atoms with Crippen LogP contribution in [-0.2, 0) is 9.59 Å². The van der Waals surface area contributed by atoms with E-state index in [9.17, 15) is 9.59 Å². The van der Waals surface area contributed by atoms with Gasteiger partial charge in [-0.3, -0.25) is 9.59 Å². The minimum absolute atomic E-state index is 0.0201. The topological polar surface area (TPSA) is 73.2 Å². The fourth-order valence-corrected chi connectivity index (χ4v) is 3.16. The summed E-state index contributed by atoms with van der Waals surface area (Å²) < 4.78 is 0. The van der Waals surface area contributed by atoms with E-state index < -0.39 is 5.41 Å². The third kappa shape index (κ3) is 3.21. The number of benzene rings is 1. The summed E-state index contributed by atoms with van der Waals surface area (Å²) in [5.41, 5.74) is 0.183. The quantitative estimate of drug-likeness (QED) is 0.872. The molecule has 0 aromatic heterocycles. The maximum Gasteiger partial charge on any atom is 0.240 e. The van der Waals surface area contributed by atoms with Crippen molar-refractivity contribution in [2.75, 3.05) is 18.4 Å². The molecule has 5 nitrogen and oxygen atoms in total. The van der Waals surface area contributed by atoms with Crippen LogP contribution in [0.3, 0.4) is 0 Å². The highest BCUT2D eigenvalue weighted by Gasteiger charge is 2.57. The molecule has 1 aliphatic heterocycles. The second-order valence-corrected chi connectivity index (χ2v) is 6.44. The fraction of sp³-hybridized carbons (Fsp3) is 0.500. The van der Waals surface area contributed by atoms with Gasteiger partial charge in [0.25, 0.3) is 0 Å². The molecule has 1 aromatic rings. The summed E-state index contributed by atoms with van der Waals surface area (Å²) in [5, 5.41) is 11.7. The standard InChI is InChI=1S/C18H21N3O2/c19-13-14-6-5-7-15(12-14)20-16(22)18(8-9-18)17(23)21-10-3-1-2-4-11-21/h5-7,12H,1-4,8-11H2,(H,20,22). The molecule has 1 aromatic carbocycles. The third-order valence-corrected chi connectivity index (χ3v) is 4.74. The van der Waals surface area contributed by atoms with E-state index in [2.05, 4.69) is 5.32 Å². The SMILES string of the molecule is N#Cc1cccc(NC(=O)C2(C(=O)N3CCCCCC3)CC2)c1. The first-order valence-electron chi connectivity index (χ1n) is 8.27. The molecule has 1 N–H and O–H groups in total. The Labute approximate surface area is 136 Å². The van der Waals surface area contributed by atoms with Gasteiger partial charge in [0.05, 0.1) is 11.6 Å². The van der Waals surface area contributed by atoms with E-state index in [-0.39, 0.29) is 11.8 Å². The summed E-state index contributed by atoms with van der Waals surface area (Å²) >= 11 is 0. The van der Waals surface area contributed by atoms with Crippen LogP contribution in [0.4, 0.5) is 5.69 Å². The third-order valence-electron chi connectivity index (χ3n) is 4.74. The van der Waals surface area contributed by atoms with Crippen molar-refractivity contribution in [1.82, 2.24) is 4.90 Å². The van der Waals surface area contributed by atoms with Crippen LogP contribution in [0.5, 0.6) is 0 Å². The number of amides is 2. The van der Waals surface area contributed by atoms with Gasteiger partial charge in [0.15, 0.2) is 0 Å². The molecule has 1 aliphatic carbocycles. The summed E-state index contributed by atoms with van der Waals surface area (Å²) in [4.78, 5) is 27.3. The van der Waals surface area contributed by atoms with E-state index in [4.69, 9.17) is 5.26 Å². The van der Waals surface area contributed by atoms with Gasteiger partial charge in [0.2, 0.25) is 11.8 Å². The molecule has 0 atom stereocenters. The van der Waals surface area contributed by atoms with Gasteiger partial charge in [-0.2, -0.15) is 5.26 Å². The highest BCUT2D eigenvalue weighted by molar-refractivity contribution is 6.13. The van der Waals surface area contributed by atoms with Crippen LogP contribution >= 0.6 is 0 Å². The van der Waals surface area contributed by atoms with Crippen molar-refractivity contribution < 1.29 is 9.59 Å². The highest BCUT2D eigenvalue weighted by Crippen LogP contribution is 2.48. The zero-order valence-electron chi connectivity index (χ0n) is 13.2. The Balaban J connectivity index is 1.70. The lowest BCUT2D eigenvalue weighted by atomic mass is 10.0. The number of hydrogen-bond donors (Lipinski definition) is 1. The molecular formula is C18H21N3O2. The molecule has 2 fully saturated rings. The van der Waals surface area contributed by atoms with Crippen molar-refractivity contribution >= 4 is 17.5 Å². The number of hydrogen-bond acceptors (Lipinski definition) is 3. The van der Waals surface area contributed by atoms with Crippen molar-refractivity contribution in [2.45, 2.75) is 38.5 Å². The van der Waals surface area contributed by atoms with E-state index >= 15 is 0 Å². The number of carbonyl (C=O) groups excluding carboxylic acids is 2. The van der Waals surface area contributed by atoms with Crippen LogP contribution in [-0.4, -0.2) is 29.8 Å². The average molecular weight is 311 g/mol. The maximum atomic E-state index is 12.8. The molecule has 1 saturated heterocycles. The van der Waals surface area contributed by atoms with Gasteiger partial charge in [-0.25, -0.2) is 0 Å². The first-order valence-corrected chi connectivity index (χ1v) is 8.27. The molecule has 23 heavy (non-hydrogen) atoms.